The molecule has 2 rings (SSSR count). The Hall–Kier alpha value is -0.640. The van der Waals surface area contributed by atoms with Crippen molar-refractivity contribution in [3.05, 3.63) is 56.2 Å². The summed E-state index contributed by atoms with van der Waals surface area (Å²) in [4.78, 5) is 1.42. The molecule has 0 aliphatic heterocycles. The normalized spacial score (nSPS) is 12.9. The second kappa shape index (κ2) is 6.69. The molecule has 0 amide bonds. The lowest BCUT2D eigenvalue weighted by Crippen LogP contribution is -2.24. The summed E-state index contributed by atoms with van der Waals surface area (Å²) in [5, 5.41) is 5.83. The molecule has 0 fully saturated rings. The molecule has 1 unspecified atom stereocenters. The average Bonchev–Trinajstić information content (AvgIpc) is 2.87. The van der Waals surface area contributed by atoms with E-state index >= 15 is 0 Å². The molecular weight excluding hydrogens is 318 g/mol. The Morgan fingerprint density at radius 2 is 2.05 bits per heavy atom. The van der Waals surface area contributed by atoms with Gasteiger partial charge in [-0.05, 0) is 41.5 Å². The van der Waals surface area contributed by atoms with Crippen LogP contribution in [0.25, 0.3) is 0 Å². The van der Waals surface area contributed by atoms with Gasteiger partial charge in [0.2, 0.25) is 0 Å². The molecule has 0 spiro atoms. The summed E-state index contributed by atoms with van der Waals surface area (Å²) in [6.45, 7) is 7.58. The van der Waals surface area contributed by atoms with E-state index in [0.29, 0.717) is 12.0 Å². The summed E-state index contributed by atoms with van der Waals surface area (Å²) in [6, 6.07) is 11.3. The summed E-state index contributed by atoms with van der Waals surface area (Å²) in [5.74, 6) is 0.593. The summed E-state index contributed by atoms with van der Waals surface area (Å²) in [5.41, 5.74) is 2.62. The zero-order valence-corrected chi connectivity index (χ0v) is 14.0. The van der Waals surface area contributed by atoms with Crippen LogP contribution in [-0.4, -0.2) is 0 Å². The maximum Gasteiger partial charge on any atom is 0.0440 e. The van der Waals surface area contributed by atoms with Crippen LogP contribution in [0.15, 0.2) is 40.2 Å². The zero-order chi connectivity index (χ0) is 13.8. The molecule has 1 N–H and O–H groups in total. The Bertz CT molecular complexity index is 520. The van der Waals surface area contributed by atoms with Gasteiger partial charge < -0.3 is 5.32 Å². The third kappa shape index (κ3) is 3.91. The van der Waals surface area contributed by atoms with Gasteiger partial charge in [0.1, 0.15) is 0 Å². The predicted octanol–water partition coefficient (Wildman–Crippen LogP) is 5.31. The zero-order valence-electron chi connectivity index (χ0n) is 11.6. The van der Waals surface area contributed by atoms with Crippen molar-refractivity contribution in [1.29, 1.82) is 0 Å². The van der Waals surface area contributed by atoms with E-state index in [1.807, 2.05) is 11.3 Å². The van der Waals surface area contributed by atoms with E-state index in [9.17, 15) is 0 Å². The first-order valence-electron chi connectivity index (χ1n) is 6.59. The fourth-order valence-corrected chi connectivity index (χ4v) is 3.40. The van der Waals surface area contributed by atoms with E-state index in [0.717, 1.165) is 6.54 Å². The van der Waals surface area contributed by atoms with Crippen molar-refractivity contribution in [3.63, 3.8) is 0 Å². The van der Waals surface area contributed by atoms with Gasteiger partial charge in [-0.3, -0.25) is 0 Å². The lowest BCUT2D eigenvalue weighted by Gasteiger charge is -2.21. The van der Waals surface area contributed by atoms with Gasteiger partial charge in [0.15, 0.2) is 0 Å². The SMILES string of the molecule is Cc1cc(CNC(c2cccs2)C(C)C)ccc1Br. The number of thiophene rings is 1. The Balaban J connectivity index is 2.05. The highest BCUT2D eigenvalue weighted by Gasteiger charge is 2.15. The molecular formula is C16H20BrNS. The first-order valence-corrected chi connectivity index (χ1v) is 8.27. The summed E-state index contributed by atoms with van der Waals surface area (Å²) in [6.07, 6.45) is 0. The fraction of sp³-hybridized carbons (Fsp3) is 0.375. The van der Waals surface area contributed by atoms with Crippen molar-refractivity contribution in [2.75, 3.05) is 0 Å². The molecule has 0 saturated carbocycles. The first-order chi connectivity index (χ1) is 9.08. The number of aryl methyl sites for hydroxylation is 1. The van der Waals surface area contributed by atoms with Gasteiger partial charge in [0.05, 0.1) is 0 Å². The van der Waals surface area contributed by atoms with Gasteiger partial charge in [-0.25, -0.2) is 0 Å². The van der Waals surface area contributed by atoms with Crippen molar-refractivity contribution >= 4 is 27.3 Å². The van der Waals surface area contributed by atoms with Gasteiger partial charge >= 0.3 is 0 Å². The minimum Gasteiger partial charge on any atom is -0.305 e. The Kier molecular flexibility index (Phi) is 5.20. The maximum atomic E-state index is 3.68. The van der Waals surface area contributed by atoms with Crippen LogP contribution >= 0.6 is 27.3 Å². The molecule has 1 atom stereocenters. The smallest absolute Gasteiger partial charge is 0.0440 e. The lowest BCUT2D eigenvalue weighted by atomic mass is 10.0. The van der Waals surface area contributed by atoms with Crippen LogP contribution < -0.4 is 5.32 Å². The molecule has 0 aliphatic rings. The minimum atomic E-state index is 0.434. The highest BCUT2D eigenvalue weighted by atomic mass is 79.9. The number of nitrogens with one attached hydrogen (secondary N) is 1. The maximum absolute atomic E-state index is 3.68. The fourth-order valence-electron chi connectivity index (χ4n) is 2.18. The molecule has 1 aromatic heterocycles. The van der Waals surface area contributed by atoms with Crippen molar-refractivity contribution in [1.82, 2.24) is 5.32 Å². The van der Waals surface area contributed by atoms with Crippen molar-refractivity contribution in [2.45, 2.75) is 33.4 Å². The highest BCUT2D eigenvalue weighted by Crippen LogP contribution is 2.26. The second-order valence-corrected chi connectivity index (χ2v) is 7.04. The third-order valence-electron chi connectivity index (χ3n) is 3.26. The molecule has 0 bridgehead atoms. The van der Waals surface area contributed by atoms with Crippen LogP contribution in [0.3, 0.4) is 0 Å². The number of hydrogen-bond donors (Lipinski definition) is 1. The molecule has 1 nitrogen and oxygen atoms in total. The quantitative estimate of drug-likeness (QED) is 0.779. The van der Waals surface area contributed by atoms with Crippen molar-refractivity contribution in [3.8, 4) is 0 Å². The van der Waals surface area contributed by atoms with Gasteiger partial charge in [0, 0.05) is 21.9 Å². The van der Waals surface area contributed by atoms with Crippen molar-refractivity contribution < 1.29 is 0 Å². The number of halogens is 1. The number of benzene rings is 1. The van der Waals surface area contributed by atoms with Crippen LogP contribution in [0.4, 0.5) is 0 Å². The monoisotopic (exact) mass is 337 g/mol. The van der Waals surface area contributed by atoms with Crippen LogP contribution in [-0.2, 0) is 6.54 Å². The van der Waals surface area contributed by atoms with Crippen LogP contribution in [0.1, 0.15) is 35.9 Å². The van der Waals surface area contributed by atoms with Gasteiger partial charge in [-0.2, -0.15) is 0 Å². The van der Waals surface area contributed by atoms with Gasteiger partial charge in [0.25, 0.3) is 0 Å². The molecule has 3 heteroatoms. The van der Waals surface area contributed by atoms with Crippen LogP contribution in [0.5, 0.6) is 0 Å². The van der Waals surface area contributed by atoms with E-state index in [2.05, 4.69) is 77.7 Å². The summed E-state index contributed by atoms with van der Waals surface area (Å²) in [7, 11) is 0. The summed E-state index contributed by atoms with van der Waals surface area (Å²) >= 11 is 5.38. The minimum absolute atomic E-state index is 0.434. The first kappa shape index (κ1) is 14.8. The van der Waals surface area contributed by atoms with Gasteiger partial charge in [-0.1, -0.05) is 48.0 Å². The molecule has 19 heavy (non-hydrogen) atoms. The molecule has 102 valence electrons. The molecule has 0 aliphatic carbocycles. The Labute approximate surface area is 128 Å². The van der Waals surface area contributed by atoms with E-state index in [1.165, 1.54) is 20.5 Å². The van der Waals surface area contributed by atoms with Crippen molar-refractivity contribution in [2.24, 2.45) is 5.92 Å². The van der Waals surface area contributed by atoms with Crippen LogP contribution in [0.2, 0.25) is 0 Å². The number of hydrogen-bond acceptors (Lipinski definition) is 2. The number of rotatable bonds is 5. The third-order valence-corrected chi connectivity index (χ3v) is 5.11. The average molecular weight is 338 g/mol. The van der Waals surface area contributed by atoms with E-state index in [-0.39, 0.29) is 0 Å². The largest absolute Gasteiger partial charge is 0.305 e. The topological polar surface area (TPSA) is 12.0 Å². The lowest BCUT2D eigenvalue weighted by molar-refractivity contribution is 0.416. The summed E-state index contributed by atoms with van der Waals surface area (Å²) < 4.78 is 1.18. The highest BCUT2D eigenvalue weighted by molar-refractivity contribution is 9.10. The molecule has 0 radical (unpaired) electrons. The van der Waals surface area contributed by atoms with Gasteiger partial charge in [-0.15, -0.1) is 11.3 Å². The molecule has 2 aromatic rings. The van der Waals surface area contributed by atoms with E-state index < -0.39 is 0 Å². The van der Waals surface area contributed by atoms with E-state index in [1.54, 1.807) is 0 Å². The molecule has 0 saturated heterocycles. The molecule has 1 aromatic carbocycles. The molecule has 1 heterocycles. The second-order valence-electron chi connectivity index (χ2n) is 5.20. The van der Waals surface area contributed by atoms with E-state index in [4.69, 9.17) is 0 Å². The van der Waals surface area contributed by atoms with Crippen LogP contribution in [0, 0.1) is 12.8 Å². The predicted molar refractivity (Wildman–Crippen MR) is 87.6 cm³/mol. The standard InChI is InChI=1S/C16H20BrNS/c1-11(2)16(15-5-4-8-19-15)18-10-13-6-7-14(17)12(3)9-13/h4-9,11,16,18H,10H2,1-3H3. The Morgan fingerprint density at radius 3 is 2.63 bits per heavy atom. The Morgan fingerprint density at radius 1 is 1.26 bits per heavy atom.